The Hall–Kier alpha value is -2.49. The van der Waals surface area contributed by atoms with E-state index in [1.54, 1.807) is 24.3 Å². The van der Waals surface area contributed by atoms with Gasteiger partial charge in [-0.05, 0) is 42.8 Å². The molecule has 116 valence electrons. The highest BCUT2D eigenvalue weighted by Gasteiger charge is 2.07. The summed E-state index contributed by atoms with van der Waals surface area (Å²) in [6.45, 7) is 2.87. The number of anilines is 2. The van der Waals surface area contributed by atoms with Crippen molar-refractivity contribution in [3.05, 3.63) is 54.1 Å². The van der Waals surface area contributed by atoms with Crippen LogP contribution in [0.15, 0.2) is 48.5 Å². The number of para-hydroxylation sites is 2. The zero-order chi connectivity index (χ0) is 15.8. The van der Waals surface area contributed by atoms with Crippen LogP contribution in [0.2, 0.25) is 0 Å². The Morgan fingerprint density at radius 3 is 2.50 bits per heavy atom. The Labute approximate surface area is 131 Å². The number of hydrogen-bond acceptors (Lipinski definition) is 3. The van der Waals surface area contributed by atoms with Crippen LogP contribution < -0.4 is 15.8 Å². The normalized spacial score (nSPS) is 10.2. The summed E-state index contributed by atoms with van der Waals surface area (Å²) in [5, 5.41) is 2.80. The lowest BCUT2D eigenvalue weighted by Gasteiger charge is -2.09. The van der Waals surface area contributed by atoms with Crippen molar-refractivity contribution in [3.63, 3.8) is 0 Å². The summed E-state index contributed by atoms with van der Waals surface area (Å²) in [6, 6.07) is 14.3. The molecule has 0 heterocycles. The Morgan fingerprint density at radius 1 is 1.09 bits per heavy atom. The molecule has 3 N–H and O–H groups in total. The molecule has 22 heavy (non-hydrogen) atoms. The van der Waals surface area contributed by atoms with Crippen molar-refractivity contribution in [3.8, 4) is 5.75 Å². The van der Waals surface area contributed by atoms with Gasteiger partial charge in [0.05, 0.1) is 18.0 Å². The molecular formula is C18H22N2O2. The molecule has 2 rings (SSSR count). The zero-order valence-electron chi connectivity index (χ0n) is 12.8. The number of nitrogen functional groups attached to an aromatic ring is 1. The number of nitrogens with one attached hydrogen (secondary N) is 1. The van der Waals surface area contributed by atoms with E-state index < -0.39 is 0 Å². The molecule has 0 spiro atoms. The molecule has 0 bridgehead atoms. The lowest BCUT2D eigenvalue weighted by Crippen LogP contribution is -2.13. The molecule has 4 nitrogen and oxygen atoms in total. The maximum Gasteiger partial charge on any atom is 0.255 e. The second kappa shape index (κ2) is 8.08. The predicted molar refractivity (Wildman–Crippen MR) is 90.3 cm³/mol. The summed E-state index contributed by atoms with van der Waals surface area (Å²) >= 11 is 0. The molecule has 0 fully saturated rings. The van der Waals surface area contributed by atoms with Crippen molar-refractivity contribution in [2.45, 2.75) is 26.2 Å². The minimum absolute atomic E-state index is 0.185. The van der Waals surface area contributed by atoms with Gasteiger partial charge in [0.2, 0.25) is 0 Å². The number of ether oxygens (including phenoxy) is 1. The number of hydrogen-bond donors (Lipinski definition) is 2. The molecule has 0 aliphatic heterocycles. The summed E-state index contributed by atoms with van der Waals surface area (Å²) in [5.74, 6) is 0.599. The molecule has 0 atom stereocenters. The van der Waals surface area contributed by atoms with E-state index >= 15 is 0 Å². The molecule has 0 aromatic heterocycles. The molecule has 0 saturated heterocycles. The molecule has 0 radical (unpaired) electrons. The molecule has 2 aromatic rings. The first-order valence-electron chi connectivity index (χ1n) is 7.59. The van der Waals surface area contributed by atoms with Crippen molar-refractivity contribution in [2.24, 2.45) is 0 Å². The second-order valence-electron chi connectivity index (χ2n) is 5.12. The molecule has 0 unspecified atom stereocenters. The highest BCUT2D eigenvalue weighted by molar-refractivity contribution is 6.05. The van der Waals surface area contributed by atoms with Crippen LogP contribution in [0.3, 0.4) is 0 Å². The number of unbranched alkanes of at least 4 members (excludes halogenated alkanes) is 2. The predicted octanol–water partition coefficient (Wildman–Crippen LogP) is 4.09. The van der Waals surface area contributed by atoms with Crippen LogP contribution in [0.25, 0.3) is 0 Å². The van der Waals surface area contributed by atoms with Crippen LogP contribution in [0.5, 0.6) is 5.75 Å². The Balaban J connectivity index is 1.92. The molecule has 1 amide bonds. The van der Waals surface area contributed by atoms with E-state index in [4.69, 9.17) is 10.5 Å². The number of rotatable bonds is 7. The van der Waals surface area contributed by atoms with Crippen LogP contribution in [-0.2, 0) is 0 Å². The van der Waals surface area contributed by atoms with Gasteiger partial charge in [-0.15, -0.1) is 0 Å². The smallest absolute Gasteiger partial charge is 0.255 e. The van der Waals surface area contributed by atoms with Gasteiger partial charge in [-0.3, -0.25) is 4.79 Å². The zero-order valence-corrected chi connectivity index (χ0v) is 12.8. The van der Waals surface area contributed by atoms with Crippen LogP contribution in [0, 0.1) is 0 Å². The highest BCUT2D eigenvalue weighted by atomic mass is 16.5. The average Bonchev–Trinajstić information content (AvgIpc) is 2.54. The Morgan fingerprint density at radius 2 is 1.82 bits per heavy atom. The van der Waals surface area contributed by atoms with Gasteiger partial charge in [0.1, 0.15) is 5.75 Å². The lowest BCUT2D eigenvalue weighted by molar-refractivity contribution is 0.102. The van der Waals surface area contributed by atoms with Crippen molar-refractivity contribution in [1.82, 2.24) is 0 Å². The van der Waals surface area contributed by atoms with Crippen molar-refractivity contribution in [1.29, 1.82) is 0 Å². The Bertz CT molecular complexity index is 609. The van der Waals surface area contributed by atoms with Gasteiger partial charge in [-0.2, -0.15) is 0 Å². The Kier molecular flexibility index (Phi) is 5.83. The van der Waals surface area contributed by atoms with Gasteiger partial charge < -0.3 is 15.8 Å². The SMILES string of the molecule is CCCCCOc1ccc(C(=O)Nc2ccccc2N)cc1. The standard InChI is InChI=1S/C18H22N2O2/c1-2-3-6-13-22-15-11-9-14(10-12-15)18(21)20-17-8-5-4-7-16(17)19/h4-5,7-12H,2-3,6,13,19H2,1H3,(H,20,21). The topological polar surface area (TPSA) is 64.3 Å². The van der Waals surface area contributed by atoms with Crippen molar-refractivity contribution in [2.75, 3.05) is 17.7 Å². The van der Waals surface area contributed by atoms with Gasteiger partial charge in [-0.25, -0.2) is 0 Å². The fourth-order valence-electron chi connectivity index (χ4n) is 2.05. The average molecular weight is 298 g/mol. The summed E-state index contributed by atoms with van der Waals surface area (Å²) in [5.41, 5.74) is 7.55. The van der Waals surface area contributed by atoms with Gasteiger partial charge >= 0.3 is 0 Å². The number of carbonyl (C=O) groups excluding carboxylic acids is 1. The maximum absolute atomic E-state index is 12.2. The van der Waals surface area contributed by atoms with Crippen molar-refractivity contribution < 1.29 is 9.53 Å². The summed E-state index contributed by atoms with van der Waals surface area (Å²) < 4.78 is 5.63. The van der Waals surface area contributed by atoms with Crippen LogP contribution in [0.4, 0.5) is 11.4 Å². The molecule has 2 aromatic carbocycles. The van der Waals surface area contributed by atoms with Crippen molar-refractivity contribution >= 4 is 17.3 Å². The monoisotopic (exact) mass is 298 g/mol. The van der Waals surface area contributed by atoms with Gasteiger partial charge in [0.15, 0.2) is 0 Å². The lowest BCUT2D eigenvalue weighted by atomic mass is 10.2. The minimum atomic E-state index is -0.185. The van der Waals surface area contributed by atoms with E-state index in [9.17, 15) is 4.79 Å². The number of nitrogens with two attached hydrogens (primary N) is 1. The largest absolute Gasteiger partial charge is 0.494 e. The third-order valence-electron chi connectivity index (χ3n) is 3.34. The molecule has 0 aliphatic carbocycles. The van der Waals surface area contributed by atoms with E-state index in [-0.39, 0.29) is 5.91 Å². The van der Waals surface area contributed by atoms with E-state index in [1.807, 2.05) is 24.3 Å². The van der Waals surface area contributed by atoms with E-state index in [0.29, 0.717) is 23.5 Å². The number of carbonyl (C=O) groups is 1. The fraction of sp³-hybridized carbons (Fsp3) is 0.278. The maximum atomic E-state index is 12.2. The minimum Gasteiger partial charge on any atom is -0.494 e. The molecule has 4 heteroatoms. The first kappa shape index (κ1) is 15.9. The van der Waals surface area contributed by atoms with E-state index in [0.717, 1.165) is 12.2 Å². The van der Waals surface area contributed by atoms with Gasteiger partial charge in [-0.1, -0.05) is 31.9 Å². The fourth-order valence-corrected chi connectivity index (χ4v) is 2.05. The van der Waals surface area contributed by atoms with Gasteiger partial charge in [0.25, 0.3) is 5.91 Å². The summed E-state index contributed by atoms with van der Waals surface area (Å²) in [7, 11) is 0. The second-order valence-corrected chi connectivity index (χ2v) is 5.12. The van der Waals surface area contributed by atoms with Crippen LogP contribution in [-0.4, -0.2) is 12.5 Å². The summed E-state index contributed by atoms with van der Waals surface area (Å²) in [6.07, 6.45) is 3.39. The van der Waals surface area contributed by atoms with Crippen LogP contribution in [0.1, 0.15) is 36.5 Å². The molecule has 0 aliphatic rings. The van der Waals surface area contributed by atoms with E-state index in [1.165, 1.54) is 12.8 Å². The highest BCUT2D eigenvalue weighted by Crippen LogP contribution is 2.19. The first-order valence-corrected chi connectivity index (χ1v) is 7.59. The third kappa shape index (κ3) is 4.52. The molecule has 0 saturated carbocycles. The quantitative estimate of drug-likeness (QED) is 0.597. The summed E-state index contributed by atoms with van der Waals surface area (Å²) in [4.78, 5) is 12.2. The number of benzene rings is 2. The van der Waals surface area contributed by atoms with E-state index in [2.05, 4.69) is 12.2 Å². The first-order chi connectivity index (χ1) is 10.7. The molecular weight excluding hydrogens is 276 g/mol. The van der Waals surface area contributed by atoms with Gasteiger partial charge in [0, 0.05) is 5.56 Å². The third-order valence-corrected chi connectivity index (χ3v) is 3.34. The number of amides is 1. The van der Waals surface area contributed by atoms with Crippen LogP contribution >= 0.6 is 0 Å².